The van der Waals surface area contributed by atoms with Crippen molar-refractivity contribution in [3.8, 4) is 55.9 Å². The molecule has 4 nitrogen and oxygen atoms in total. The number of fused-ring (bicyclic) bond motifs is 10. The van der Waals surface area contributed by atoms with Crippen molar-refractivity contribution < 1.29 is 24.7 Å². The number of rotatable bonds is 17. The molecule has 0 N–H and O–H groups in total. The van der Waals surface area contributed by atoms with Gasteiger partial charge in [0.25, 0.3) is 6.71 Å². The molecule has 128 heavy (non-hydrogen) atoms. The van der Waals surface area contributed by atoms with Crippen LogP contribution in [0.15, 0.2) is 255 Å². The molecule has 2 aromatic heterocycles. The second-order valence-electron chi connectivity index (χ2n) is 46.5. The molecule has 15 aromatic rings. The van der Waals surface area contributed by atoms with Crippen LogP contribution in [0, 0.1) is 48.7 Å². The third kappa shape index (κ3) is 19.1. The maximum Gasteiger partial charge on any atom is 0.252 e. The van der Waals surface area contributed by atoms with Gasteiger partial charge >= 0.3 is 0 Å². The highest BCUT2D eigenvalue weighted by Gasteiger charge is 2.46. The first-order valence-electron chi connectivity index (χ1n) is 55.1. The maximum atomic E-state index is 11.3. The van der Waals surface area contributed by atoms with Crippen LogP contribution in [0.5, 0.6) is 0 Å². The van der Waals surface area contributed by atoms with Gasteiger partial charge in [0.2, 0.25) is 0 Å². The summed E-state index contributed by atoms with van der Waals surface area (Å²) < 4.78 is 186. The Labute approximate surface area is 794 Å². The standard InChI is InChI=1S/C123H141BN4/c1-115(2,3)70-79-36-32-40-86(56-79)96-68-108(98(64-90(96)77-122(22,23)24)88-42-34-38-81(58-88)72-117(7,8)9)127-110-66-92(125-104-46-30-28-44-94(104)100-60-83(48-54-106(100)125)74-119(13,14)15)50-52-102(110)124-103-53-51-93(126-105-47-31-29-45-95(105)101-61-84(49-55-107(101)126)75-120(16,17)18)67-111(103)128(113-63-85(76-121(19,20)21)62-112(127)114(113)124)109-69-97(87-41-33-37-80(57-87)71-116(4,5)6)91(78-123(25,26)27)65-99(109)89-43-35-39-82(59-89)73-118(10,11)12/h28-69H,70-78H2,1-27H3/i28D,29D,30D,31D,44D,45D,46D,47D,70D2,71D2,72D2,73D2,76D2. The van der Waals surface area contributed by atoms with Crippen LogP contribution < -0.4 is 26.2 Å². The lowest BCUT2D eigenvalue weighted by Gasteiger charge is -2.46. The van der Waals surface area contributed by atoms with Crippen LogP contribution in [-0.2, 0) is 57.5 Å². The number of hydrogen-bond acceptors (Lipinski definition) is 2. The number of anilines is 6. The monoisotopic (exact) mass is 1700 g/mol. The minimum Gasteiger partial charge on any atom is -0.311 e. The number of nitrogens with zero attached hydrogens (tertiary/aromatic N) is 4. The summed E-state index contributed by atoms with van der Waals surface area (Å²) in [6, 6.07) is 66.1. The van der Waals surface area contributed by atoms with Crippen LogP contribution in [0.1, 0.15) is 262 Å². The van der Waals surface area contributed by atoms with Gasteiger partial charge in [-0.05, 0) is 303 Å². The zero-order valence-electron chi connectivity index (χ0n) is 98.8. The van der Waals surface area contributed by atoms with Gasteiger partial charge in [0.15, 0.2) is 0 Å². The molecule has 0 atom stereocenters. The number of aromatic nitrogens is 2. The highest BCUT2D eigenvalue weighted by Crippen LogP contribution is 2.54. The molecule has 13 aromatic carbocycles. The average molecular weight is 1700 g/mol. The molecule has 0 aliphatic carbocycles. The van der Waals surface area contributed by atoms with Crippen LogP contribution in [-0.4, -0.2) is 15.8 Å². The smallest absolute Gasteiger partial charge is 0.252 e. The van der Waals surface area contributed by atoms with Crippen LogP contribution in [0.2, 0.25) is 0 Å². The molecule has 5 heteroatoms. The minimum absolute atomic E-state index is 0.186. The van der Waals surface area contributed by atoms with Crippen LogP contribution >= 0.6 is 0 Å². The van der Waals surface area contributed by atoms with Crippen LogP contribution in [0.25, 0.3) is 99.5 Å². The van der Waals surface area contributed by atoms with Gasteiger partial charge in [-0.15, -0.1) is 0 Å². The third-order valence-corrected chi connectivity index (χ3v) is 23.6. The largest absolute Gasteiger partial charge is 0.311 e. The molecule has 17 rings (SSSR count). The summed E-state index contributed by atoms with van der Waals surface area (Å²) in [6.07, 6.45) is -7.57. The summed E-state index contributed by atoms with van der Waals surface area (Å²) in [7, 11) is 0. The first-order chi connectivity index (χ1) is 67.2. The maximum absolute atomic E-state index is 11.3. The fourth-order valence-corrected chi connectivity index (χ4v) is 19.6. The Hall–Kier alpha value is -10.9. The Bertz CT molecular complexity index is 7400. The van der Waals surface area contributed by atoms with E-state index in [0.717, 1.165) is 44.3 Å². The average Bonchev–Trinajstić information content (AvgIpc) is 0.716. The molecule has 2 aliphatic rings. The first kappa shape index (κ1) is 69.2. The normalized spacial score (nSPS) is 16.3. The van der Waals surface area contributed by atoms with E-state index in [0.29, 0.717) is 165 Å². The summed E-state index contributed by atoms with van der Waals surface area (Å²) in [4.78, 5) is 4.48. The van der Waals surface area contributed by atoms with Gasteiger partial charge in [-0.2, -0.15) is 0 Å². The van der Waals surface area contributed by atoms with Gasteiger partial charge in [-0.3, -0.25) is 0 Å². The van der Waals surface area contributed by atoms with Crippen molar-refractivity contribution in [2.45, 2.75) is 244 Å². The molecule has 0 amide bonds. The Morgan fingerprint density at radius 1 is 0.250 bits per heavy atom. The van der Waals surface area contributed by atoms with E-state index < -0.39 is 88.6 Å². The molecule has 2 aliphatic heterocycles. The van der Waals surface area contributed by atoms with E-state index in [9.17, 15) is 24.7 Å². The second-order valence-corrected chi connectivity index (χ2v) is 46.5. The molecule has 0 radical (unpaired) electrons. The summed E-state index contributed by atoms with van der Waals surface area (Å²) in [5, 5.41) is 1.91. The minimum atomic E-state index is -2.26. The van der Waals surface area contributed by atoms with Crippen molar-refractivity contribution in [3.05, 3.63) is 305 Å². The zero-order chi connectivity index (χ0) is 107. The van der Waals surface area contributed by atoms with Crippen molar-refractivity contribution in [2.75, 3.05) is 9.80 Å². The lowest BCUT2D eigenvalue weighted by molar-refractivity contribution is 0.410. The Kier molecular flexibility index (Phi) is 17.6. The molecular weight excluding hydrogens is 1540 g/mol. The lowest BCUT2D eigenvalue weighted by atomic mass is 9.33. The van der Waals surface area contributed by atoms with Gasteiger partial charge in [0.05, 0.1) is 44.4 Å². The molecule has 0 saturated heterocycles. The van der Waals surface area contributed by atoms with E-state index in [4.69, 9.17) is 0 Å². The topological polar surface area (TPSA) is 16.3 Å². The van der Waals surface area contributed by atoms with E-state index in [1.807, 2.05) is 246 Å². The molecule has 0 spiro atoms. The van der Waals surface area contributed by atoms with Crippen molar-refractivity contribution in [1.82, 2.24) is 9.13 Å². The Morgan fingerprint density at radius 2 is 0.570 bits per heavy atom. The SMILES string of the molecule is [2H]c1c([2H])c([2H])c2c(c1[2H])c1cc(CC(C)(C)C)ccc1n2-c1ccc2c(c1)N(c1cc(-c3cccc(C([2H])([2H])C(C)(C)C)c3)c(CC(C)(C)C)cc1-c1cccc(C([2H])([2H])C(C)(C)C)c1)c1cc(C([2H])([2H])C(C)(C)C)cc3c1B2c1ccc(-n2c4ccc(CC(C)(C)C)cc4c4c([2H])c([2H])c([2H])c([2H])c42)cc1N3c1cc(-c2cccc(C([2H])([2H])C(C)(C)C)c2)c(CC(C)(C)C)cc1-c1cccc(C([2H])([2H])C(C)(C)C)c1. The number of hydrogen-bond donors (Lipinski definition) is 0. The van der Waals surface area contributed by atoms with Crippen molar-refractivity contribution in [1.29, 1.82) is 0 Å². The van der Waals surface area contributed by atoms with Crippen molar-refractivity contribution in [2.24, 2.45) is 48.7 Å². The lowest BCUT2D eigenvalue weighted by Crippen LogP contribution is -2.61. The van der Waals surface area contributed by atoms with E-state index >= 15 is 0 Å². The highest BCUT2D eigenvalue weighted by molar-refractivity contribution is 7.00. The van der Waals surface area contributed by atoms with Gasteiger partial charge in [0.1, 0.15) is 0 Å². The van der Waals surface area contributed by atoms with E-state index in [2.05, 4.69) is 166 Å². The van der Waals surface area contributed by atoms with Crippen molar-refractivity contribution in [3.63, 3.8) is 0 Å². The van der Waals surface area contributed by atoms with Crippen LogP contribution in [0.4, 0.5) is 34.1 Å². The number of benzene rings is 13. The summed E-state index contributed by atoms with van der Waals surface area (Å²) in [5.41, 5.74) is 13.5. The van der Waals surface area contributed by atoms with Gasteiger partial charge in [0, 0.05) is 80.5 Å². The van der Waals surface area contributed by atoms with E-state index in [1.165, 1.54) is 0 Å². The molecule has 0 bridgehead atoms. The van der Waals surface area contributed by atoms with Crippen molar-refractivity contribution >= 4 is 101 Å². The van der Waals surface area contributed by atoms with Gasteiger partial charge in [-0.25, -0.2) is 0 Å². The van der Waals surface area contributed by atoms with Gasteiger partial charge in [-0.1, -0.05) is 345 Å². The first-order valence-corrected chi connectivity index (χ1v) is 46.1. The molecular formula is C123H141BN4. The highest BCUT2D eigenvalue weighted by atomic mass is 15.2. The summed E-state index contributed by atoms with van der Waals surface area (Å²) in [6.45, 7) is 53.8. The quantitative estimate of drug-likeness (QED) is 0.0845. The Balaban J connectivity index is 1.14. The fourth-order valence-electron chi connectivity index (χ4n) is 19.6. The molecule has 656 valence electrons. The molecule has 0 fully saturated rings. The van der Waals surface area contributed by atoms with E-state index in [-0.39, 0.29) is 63.7 Å². The predicted molar refractivity (Wildman–Crippen MR) is 559 cm³/mol. The second kappa shape index (κ2) is 32.6. The van der Waals surface area contributed by atoms with E-state index in [1.54, 1.807) is 0 Å². The Morgan fingerprint density at radius 3 is 0.898 bits per heavy atom. The summed E-state index contributed by atoms with van der Waals surface area (Å²) in [5.74, 6) is 0. The fraction of sp³-hybridized carbons (Fsp3) is 0.366. The predicted octanol–water partition coefficient (Wildman–Crippen LogP) is 32.9. The van der Waals surface area contributed by atoms with Crippen LogP contribution in [0.3, 0.4) is 0 Å². The summed E-state index contributed by atoms with van der Waals surface area (Å²) >= 11 is 0. The molecule has 0 saturated carbocycles. The molecule has 4 heterocycles. The number of para-hydroxylation sites is 2. The third-order valence-electron chi connectivity index (χ3n) is 23.6. The van der Waals surface area contributed by atoms with Gasteiger partial charge < -0.3 is 18.9 Å². The molecule has 0 unspecified atom stereocenters. The zero-order valence-corrected chi connectivity index (χ0v) is 80.8.